The van der Waals surface area contributed by atoms with Crippen LogP contribution in [0, 0.1) is 0 Å². The van der Waals surface area contributed by atoms with Crippen LogP contribution in [-0.2, 0) is 10.0 Å². The minimum Gasteiger partial charge on any atom is -0.560 e. The third-order valence-electron chi connectivity index (χ3n) is 0.805. The molecule has 0 unspecified atom stereocenters. The molecule has 10 heavy (non-hydrogen) atoms. The first kappa shape index (κ1) is 10.6. The molecule has 0 radical (unpaired) electrons. The average molecular weight is 185 g/mol. The van der Waals surface area contributed by atoms with Crippen LogP contribution in [0.5, 0.6) is 0 Å². The minimum absolute atomic E-state index is 0. The molecule has 1 heterocycles. The van der Waals surface area contributed by atoms with Crippen molar-refractivity contribution in [3.63, 3.8) is 0 Å². The smallest absolute Gasteiger partial charge is 0.560 e. The molecule has 3 nitrogen and oxygen atoms in total. The molecule has 1 rings (SSSR count). The Balaban J connectivity index is 0.000000810. The Kier molecular flexibility index (Phi) is 4.08. The molecule has 1 aromatic rings. The van der Waals surface area contributed by atoms with Gasteiger partial charge in [-0.1, -0.05) is 0 Å². The summed E-state index contributed by atoms with van der Waals surface area (Å²) in [4.78, 5) is 0.0764. The van der Waals surface area contributed by atoms with Crippen LogP contribution in [0.2, 0.25) is 0 Å². The van der Waals surface area contributed by atoms with Crippen LogP contribution in [0.3, 0.4) is 0 Å². The van der Waals surface area contributed by atoms with Crippen molar-refractivity contribution in [2.75, 3.05) is 0 Å². The number of hydrogen-bond acceptors (Lipinski definition) is 3. The van der Waals surface area contributed by atoms with Crippen molar-refractivity contribution in [3.8, 4) is 0 Å². The number of hydrogen-bond donors (Lipinski definition) is 0. The van der Waals surface area contributed by atoms with Gasteiger partial charge in [0.2, 0.25) is 0 Å². The van der Waals surface area contributed by atoms with E-state index >= 15 is 0 Å². The van der Waals surface area contributed by atoms with Gasteiger partial charge in [-0.3, -0.25) is 0 Å². The third-order valence-corrected chi connectivity index (χ3v) is 2.51. The van der Waals surface area contributed by atoms with E-state index in [1.807, 2.05) is 0 Å². The van der Waals surface area contributed by atoms with E-state index in [2.05, 4.69) is 0 Å². The van der Waals surface area contributed by atoms with E-state index in [9.17, 15) is 8.42 Å². The molecule has 0 saturated heterocycles. The summed E-state index contributed by atoms with van der Waals surface area (Å²) < 4.78 is 20.7. The second-order valence-corrected chi connectivity index (χ2v) is 3.72. The largest absolute Gasteiger partial charge is 1.00 e. The summed E-state index contributed by atoms with van der Waals surface area (Å²) in [6.45, 7) is 0. The zero-order chi connectivity index (χ0) is 6.91. The van der Waals surface area contributed by atoms with Gasteiger partial charge in [0.05, 0.1) is 14.9 Å². The monoisotopic (exact) mass is 185 g/mol. The summed E-state index contributed by atoms with van der Waals surface area (Å²) in [6.07, 6.45) is 0. The Labute approximate surface area is 85.6 Å². The molecular formula is C4H4NNaO2S2. The molecule has 0 atom stereocenters. The van der Waals surface area contributed by atoms with E-state index in [1.165, 1.54) is 22.8 Å². The van der Waals surface area contributed by atoms with Gasteiger partial charge in [-0.05, 0) is 11.4 Å². The molecule has 0 aliphatic carbocycles. The fourth-order valence-corrected chi connectivity index (χ4v) is 1.93. The van der Waals surface area contributed by atoms with Crippen molar-refractivity contribution in [1.29, 1.82) is 0 Å². The molecule has 0 aromatic carbocycles. The van der Waals surface area contributed by atoms with Crippen molar-refractivity contribution in [3.05, 3.63) is 22.0 Å². The van der Waals surface area contributed by atoms with E-state index in [1.54, 1.807) is 5.38 Å². The van der Waals surface area contributed by atoms with Crippen LogP contribution < -0.4 is 29.6 Å². The van der Waals surface area contributed by atoms with Crippen molar-refractivity contribution in [2.24, 2.45) is 0 Å². The fraction of sp³-hybridized carbons (Fsp3) is 0. The normalized spacial score (nSPS) is 10.5. The van der Waals surface area contributed by atoms with Crippen molar-refractivity contribution >= 4 is 21.4 Å². The van der Waals surface area contributed by atoms with Gasteiger partial charge in [0.25, 0.3) is 0 Å². The summed E-state index contributed by atoms with van der Waals surface area (Å²) in [5.74, 6) is 0. The molecular weight excluding hydrogens is 181 g/mol. The van der Waals surface area contributed by atoms with Crippen LogP contribution in [-0.4, -0.2) is 8.42 Å². The van der Waals surface area contributed by atoms with E-state index in [0.717, 1.165) is 0 Å². The molecule has 0 bridgehead atoms. The van der Waals surface area contributed by atoms with Gasteiger partial charge in [0.15, 0.2) is 0 Å². The van der Waals surface area contributed by atoms with Gasteiger partial charge in [-0.25, -0.2) is 8.42 Å². The predicted octanol–water partition coefficient (Wildman–Crippen LogP) is -1.51. The first-order valence-corrected chi connectivity index (χ1v) is 4.55. The molecule has 0 aliphatic rings. The molecule has 0 amide bonds. The van der Waals surface area contributed by atoms with Crippen LogP contribution in [0.1, 0.15) is 0 Å². The van der Waals surface area contributed by atoms with E-state index in [-0.39, 0.29) is 34.5 Å². The second kappa shape index (κ2) is 3.85. The molecule has 0 fully saturated rings. The first-order valence-electron chi connectivity index (χ1n) is 2.12. The van der Waals surface area contributed by atoms with Gasteiger partial charge >= 0.3 is 29.6 Å². The van der Waals surface area contributed by atoms with Crippen molar-refractivity contribution < 1.29 is 38.0 Å². The first-order chi connectivity index (χ1) is 4.11. The molecule has 1 N–H and O–H groups in total. The maximum atomic E-state index is 10.4. The molecule has 1 aromatic heterocycles. The van der Waals surface area contributed by atoms with E-state index in [0.29, 0.717) is 0 Å². The van der Waals surface area contributed by atoms with Crippen molar-refractivity contribution in [1.82, 2.24) is 0 Å². The van der Waals surface area contributed by atoms with Gasteiger partial charge < -0.3 is 5.14 Å². The zero-order valence-corrected chi connectivity index (χ0v) is 9.00. The molecule has 6 heteroatoms. The Morgan fingerprint density at radius 1 is 1.50 bits per heavy atom. The summed E-state index contributed by atoms with van der Waals surface area (Å²) in [5, 5.41) is 9.63. The molecule has 0 saturated carbocycles. The van der Waals surface area contributed by atoms with Gasteiger partial charge in [-0.15, -0.1) is 0 Å². The third kappa shape index (κ3) is 2.69. The summed E-state index contributed by atoms with van der Waals surface area (Å²) >= 11 is 1.27. The van der Waals surface area contributed by atoms with Crippen LogP contribution in [0.4, 0.5) is 0 Å². The molecule has 0 spiro atoms. The fourth-order valence-electron chi connectivity index (χ4n) is 0.405. The number of rotatable bonds is 1. The maximum Gasteiger partial charge on any atom is 1.00 e. The summed E-state index contributed by atoms with van der Waals surface area (Å²) in [6, 6.07) is 1.41. The SMILES string of the molecule is [NH-]S(=O)(=O)c1ccsc1.[Na+]. The van der Waals surface area contributed by atoms with Crippen LogP contribution in [0.15, 0.2) is 21.7 Å². The second-order valence-electron chi connectivity index (χ2n) is 1.46. The Morgan fingerprint density at radius 2 is 2.10 bits per heavy atom. The summed E-state index contributed by atoms with van der Waals surface area (Å²) in [7, 11) is -3.70. The van der Waals surface area contributed by atoms with Crippen molar-refractivity contribution in [2.45, 2.75) is 4.90 Å². The number of thiophene rings is 1. The number of sulfonamides is 1. The van der Waals surface area contributed by atoms with Gasteiger partial charge in [0, 0.05) is 5.38 Å². The Bertz CT molecular complexity index is 278. The average Bonchev–Trinajstić information content (AvgIpc) is 2.08. The standard InChI is InChI=1S/C4H4NO2S2.Na/c5-9(6,7)4-1-2-8-3-4;/h1-3H,(H-,5,6,7);/q-1;+1. The molecule has 0 aliphatic heterocycles. The van der Waals surface area contributed by atoms with Crippen LogP contribution >= 0.6 is 11.3 Å². The Hall–Kier alpha value is 0.610. The predicted molar refractivity (Wildman–Crippen MR) is 35.8 cm³/mol. The maximum absolute atomic E-state index is 10.4. The van der Waals surface area contributed by atoms with Crippen LogP contribution in [0.25, 0.3) is 5.14 Å². The number of nitrogens with one attached hydrogen (secondary N) is 1. The van der Waals surface area contributed by atoms with Gasteiger partial charge in [0.1, 0.15) is 0 Å². The zero-order valence-electron chi connectivity index (χ0n) is 5.37. The quantitative estimate of drug-likeness (QED) is 0.500. The van der Waals surface area contributed by atoms with E-state index in [4.69, 9.17) is 5.14 Å². The summed E-state index contributed by atoms with van der Waals surface area (Å²) in [5.41, 5.74) is 0. The minimum atomic E-state index is -3.70. The van der Waals surface area contributed by atoms with Gasteiger partial charge in [-0.2, -0.15) is 11.3 Å². The Morgan fingerprint density at radius 3 is 2.30 bits per heavy atom. The van der Waals surface area contributed by atoms with E-state index < -0.39 is 10.0 Å². The topological polar surface area (TPSA) is 57.9 Å². The molecule has 50 valence electrons.